The molecule has 0 amide bonds. The highest BCUT2D eigenvalue weighted by atomic mass is 16.3. The predicted octanol–water partition coefficient (Wildman–Crippen LogP) is 13.8. The van der Waals surface area contributed by atoms with Crippen LogP contribution in [0.5, 0.6) is 0 Å². The number of fused-ring (bicyclic) bond motifs is 12. The molecule has 0 atom stereocenters. The van der Waals surface area contributed by atoms with E-state index in [2.05, 4.69) is 172 Å². The zero-order valence-electron chi connectivity index (χ0n) is 27.9. The van der Waals surface area contributed by atoms with Crippen molar-refractivity contribution in [2.24, 2.45) is 0 Å². The average molecular weight is 637 g/mol. The third-order valence-corrected chi connectivity index (χ3v) is 11.4. The van der Waals surface area contributed by atoms with Crippen LogP contribution in [0.1, 0.15) is 25.0 Å². The van der Waals surface area contributed by atoms with Crippen molar-refractivity contribution in [3.8, 4) is 33.4 Å². The summed E-state index contributed by atoms with van der Waals surface area (Å²) >= 11 is 0. The lowest BCUT2D eigenvalue weighted by Gasteiger charge is -2.21. The van der Waals surface area contributed by atoms with Crippen molar-refractivity contribution in [3.63, 3.8) is 0 Å². The highest BCUT2D eigenvalue weighted by molar-refractivity contribution is 6.25. The Balaban J connectivity index is 1.22. The highest BCUT2D eigenvalue weighted by Gasteiger charge is 2.38. The molecule has 0 bridgehead atoms. The molecule has 10 aromatic rings. The van der Waals surface area contributed by atoms with Crippen molar-refractivity contribution in [1.29, 1.82) is 0 Å². The predicted molar refractivity (Wildman–Crippen MR) is 212 cm³/mol. The first-order valence-electron chi connectivity index (χ1n) is 17.5. The molecule has 1 aliphatic carbocycles. The lowest BCUT2D eigenvalue weighted by atomic mass is 9.82. The highest BCUT2D eigenvalue weighted by Crippen LogP contribution is 2.54. The summed E-state index contributed by atoms with van der Waals surface area (Å²) in [5.41, 5.74) is 11.9. The fraction of sp³-hybridized carbons (Fsp3) is 0.0612. The molecule has 1 aromatic heterocycles. The first-order valence-corrected chi connectivity index (χ1v) is 17.5. The molecule has 0 saturated carbocycles. The summed E-state index contributed by atoms with van der Waals surface area (Å²) in [5.74, 6) is 0. The van der Waals surface area contributed by atoms with Crippen LogP contribution < -0.4 is 0 Å². The summed E-state index contributed by atoms with van der Waals surface area (Å²) in [7, 11) is 0. The molecule has 0 fully saturated rings. The normalized spacial score (nSPS) is 13.6. The number of hydrogen-bond acceptors (Lipinski definition) is 1. The maximum Gasteiger partial charge on any atom is 0.143 e. The molecular formula is C49H32O. The van der Waals surface area contributed by atoms with Crippen molar-refractivity contribution >= 4 is 65.0 Å². The number of para-hydroxylation sites is 1. The Bertz CT molecular complexity index is 3010. The molecule has 0 saturated heterocycles. The third-order valence-electron chi connectivity index (χ3n) is 11.4. The van der Waals surface area contributed by atoms with Crippen LogP contribution in [0, 0.1) is 0 Å². The van der Waals surface area contributed by atoms with Crippen molar-refractivity contribution < 1.29 is 4.42 Å². The summed E-state index contributed by atoms with van der Waals surface area (Å²) in [5, 5.41) is 12.4. The number of benzene rings is 9. The fourth-order valence-electron chi connectivity index (χ4n) is 9.19. The van der Waals surface area contributed by atoms with Gasteiger partial charge in [0, 0.05) is 32.9 Å². The lowest BCUT2D eigenvalue weighted by molar-refractivity contribution is 0.620. The van der Waals surface area contributed by atoms with Crippen LogP contribution in [-0.4, -0.2) is 0 Å². The van der Waals surface area contributed by atoms with E-state index >= 15 is 0 Å². The van der Waals surface area contributed by atoms with Gasteiger partial charge in [0.15, 0.2) is 0 Å². The lowest BCUT2D eigenvalue weighted by Crippen LogP contribution is -2.15. The zero-order valence-corrected chi connectivity index (χ0v) is 27.9. The maximum absolute atomic E-state index is 7.15. The molecule has 0 N–H and O–H groups in total. The molecule has 1 nitrogen and oxygen atoms in total. The molecule has 1 heteroatoms. The molecule has 1 heterocycles. The summed E-state index contributed by atoms with van der Waals surface area (Å²) in [4.78, 5) is 0. The standard InChI is InChI=1S/C49H32O/c1-49(2)43-21-10-9-14-33(43)38-26-27-40-39-19-11-20-41(47(39)50-48(40)46(38)49)45-36-17-7-5-15-34(36)44(35-16-6-8-18-37(35)45)31-25-24-30-23-22-29-12-3-4-13-32(29)42(30)28-31/h3-28H,1-2H3. The van der Waals surface area contributed by atoms with E-state index in [1.54, 1.807) is 0 Å². The largest absolute Gasteiger partial charge is 0.455 e. The first kappa shape index (κ1) is 27.7. The maximum atomic E-state index is 7.15. The average Bonchev–Trinajstić information content (AvgIpc) is 3.66. The Hall–Kier alpha value is -6.18. The molecule has 0 unspecified atom stereocenters. The first-order chi connectivity index (χ1) is 24.6. The second kappa shape index (κ2) is 9.94. The molecule has 11 rings (SSSR count). The Kier molecular flexibility index (Phi) is 5.51. The van der Waals surface area contributed by atoms with Gasteiger partial charge in [0.2, 0.25) is 0 Å². The molecule has 0 aliphatic heterocycles. The molecular weight excluding hydrogens is 605 g/mol. The van der Waals surface area contributed by atoms with E-state index in [-0.39, 0.29) is 5.41 Å². The van der Waals surface area contributed by atoms with Crippen LogP contribution in [0.25, 0.3) is 98.4 Å². The topological polar surface area (TPSA) is 13.1 Å². The summed E-state index contributed by atoms with van der Waals surface area (Å²) in [6, 6.07) is 58.0. The molecule has 1 aliphatic rings. The summed E-state index contributed by atoms with van der Waals surface area (Å²) in [6.45, 7) is 4.67. The van der Waals surface area contributed by atoms with Crippen LogP contribution in [0.4, 0.5) is 0 Å². The number of hydrogen-bond donors (Lipinski definition) is 0. The van der Waals surface area contributed by atoms with Gasteiger partial charge in [-0.05, 0) is 83.0 Å². The zero-order chi connectivity index (χ0) is 33.1. The minimum Gasteiger partial charge on any atom is -0.455 e. The van der Waals surface area contributed by atoms with Gasteiger partial charge in [-0.1, -0.05) is 159 Å². The molecule has 50 heavy (non-hydrogen) atoms. The van der Waals surface area contributed by atoms with E-state index < -0.39 is 0 Å². The molecule has 0 spiro atoms. The van der Waals surface area contributed by atoms with E-state index in [1.807, 2.05) is 0 Å². The van der Waals surface area contributed by atoms with Gasteiger partial charge in [-0.15, -0.1) is 0 Å². The van der Waals surface area contributed by atoms with Crippen molar-refractivity contribution in [3.05, 3.63) is 169 Å². The Labute approximate surface area is 290 Å². The van der Waals surface area contributed by atoms with Crippen LogP contribution >= 0.6 is 0 Å². The molecule has 0 radical (unpaired) electrons. The van der Waals surface area contributed by atoms with Gasteiger partial charge in [0.05, 0.1) is 0 Å². The van der Waals surface area contributed by atoms with Gasteiger partial charge in [-0.25, -0.2) is 0 Å². The monoisotopic (exact) mass is 636 g/mol. The van der Waals surface area contributed by atoms with Gasteiger partial charge in [-0.2, -0.15) is 0 Å². The molecule has 9 aromatic carbocycles. The number of furan rings is 1. The van der Waals surface area contributed by atoms with E-state index in [0.29, 0.717) is 0 Å². The number of rotatable bonds is 2. The van der Waals surface area contributed by atoms with Gasteiger partial charge < -0.3 is 4.42 Å². The van der Waals surface area contributed by atoms with E-state index in [9.17, 15) is 0 Å². The van der Waals surface area contributed by atoms with Gasteiger partial charge in [0.25, 0.3) is 0 Å². The van der Waals surface area contributed by atoms with Crippen LogP contribution in [0.3, 0.4) is 0 Å². The van der Waals surface area contributed by atoms with E-state index in [1.165, 1.54) is 87.4 Å². The van der Waals surface area contributed by atoms with Crippen LogP contribution in [0.15, 0.2) is 162 Å². The van der Waals surface area contributed by atoms with Crippen LogP contribution in [-0.2, 0) is 5.41 Å². The SMILES string of the molecule is CC1(C)c2ccccc2-c2ccc3c(oc4c(-c5c6ccccc6c(-c6ccc7ccc8ccccc8c7c6)c6ccccc56)cccc43)c21. The van der Waals surface area contributed by atoms with Crippen LogP contribution in [0.2, 0.25) is 0 Å². The fourth-order valence-corrected chi connectivity index (χ4v) is 9.19. The van der Waals surface area contributed by atoms with Gasteiger partial charge in [-0.3, -0.25) is 0 Å². The summed E-state index contributed by atoms with van der Waals surface area (Å²) in [6.07, 6.45) is 0. The van der Waals surface area contributed by atoms with Crippen molar-refractivity contribution in [2.75, 3.05) is 0 Å². The quantitative estimate of drug-likeness (QED) is 0.136. The Morgan fingerprint density at radius 3 is 1.70 bits per heavy atom. The second-order valence-electron chi connectivity index (χ2n) is 14.4. The second-order valence-corrected chi connectivity index (χ2v) is 14.4. The minimum atomic E-state index is -0.161. The van der Waals surface area contributed by atoms with E-state index in [0.717, 1.165) is 22.1 Å². The van der Waals surface area contributed by atoms with Gasteiger partial charge >= 0.3 is 0 Å². The Morgan fingerprint density at radius 2 is 0.940 bits per heavy atom. The molecule has 234 valence electrons. The third kappa shape index (κ3) is 3.62. The minimum absolute atomic E-state index is 0.161. The summed E-state index contributed by atoms with van der Waals surface area (Å²) < 4.78 is 7.15. The van der Waals surface area contributed by atoms with E-state index in [4.69, 9.17) is 4.42 Å². The smallest absolute Gasteiger partial charge is 0.143 e. The van der Waals surface area contributed by atoms with Crippen molar-refractivity contribution in [2.45, 2.75) is 19.3 Å². The van der Waals surface area contributed by atoms with Gasteiger partial charge in [0.1, 0.15) is 11.2 Å². The Morgan fingerprint density at radius 1 is 0.380 bits per heavy atom. The van der Waals surface area contributed by atoms with Crippen molar-refractivity contribution in [1.82, 2.24) is 0 Å².